The van der Waals surface area contributed by atoms with Crippen LogP contribution < -0.4 is 10.0 Å². The summed E-state index contributed by atoms with van der Waals surface area (Å²) in [7, 11) is 0. The van der Waals surface area contributed by atoms with Gasteiger partial charge < -0.3 is 5.21 Å². The van der Waals surface area contributed by atoms with Gasteiger partial charge in [0, 0.05) is 0 Å². The lowest BCUT2D eigenvalue weighted by Crippen LogP contribution is -2.35. The molecule has 2 N–H and O–H groups in total. The highest BCUT2D eigenvalue weighted by atomic mass is 16.5. The maximum atomic E-state index is 9.28. The summed E-state index contributed by atoms with van der Waals surface area (Å²) in [5.41, 5.74) is 1.02. The molecule has 0 atom stereocenters. The second-order valence-corrected chi connectivity index (χ2v) is 2.44. The number of pyridine rings is 1. The Morgan fingerprint density at radius 3 is 3.27 bits per heavy atom. The summed E-state index contributed by atoms with van der Waals surface area (Å²) in [6.45, 7) is 0.775. The van der Waals surface area contributed by atoms with Crippen LogP contribution in [0.1, 0.15) is 5.56 Å². The van der Waals surface area contributed by atoms with Crippen LogP contribution in [0.2, 0.25) is 0 Å². The first-order valence-corrected chi connectivity index (χ1v) is 3.52. The molecule has 2 heterocycles. The van der Waals surface area contributed by atoms with E-state index >= 15 is 0 Å². The minimum Gasteiger partial charge on any atom is -0.350 e. The Labute approximate surface area is 64.6 Å². The van der Waals surface area contributed by atoms with Gasteiger partial charge in [-0.25, -0.2) is 0 Å². The third kappa shape index (κ3) is 0.941. The van der Waals surface area contributed by atoms with E-state index in [0.29, 0.717) is 0 Å². The first-order chi connectivity index (χ1) is 5.38. The number of fused-ring (bicyclic) bond motifs is 1. The normalized spacial score (nSPS) is 13.8. The second kappa shape index (κ2) is 2.27. The largest absolute Gasteiger partial charge is 0.350 e. The lowest BCUT2D eigenvalue weighted by molar-refractivity contribution is -0.893. The van der Waals surface area contributed by atoms with Crippen molar-refractivity contribution < 1.29 is 9.94 Å². The van der Waals surface area contributed by atoms with Crippen LogP contribution in [0.5, 0.6) is 0 Å². The van der Waals surface area contributed by atoms with Crippen molar-refractivity contribution in [2.45, 2.75) is 0 Å². The summed E-state index contributed by atoms with van der Waals surface area (Å²) in [4.78, 5) is 0. The van der Waals surface area contributed by atoms with Crippen molar-refractivity contribution in [2.75, 3.05) is 11.9 Å². The number of hydrogen-bond acceptors (Lipinski definition) is 2. The highest BCUT2D eigenvalue weighted by Gasteiger charge is 2.13. The van der Waals surface area contributed by atoms with Gasteiger partial charge in [0.15, 0.2) is 0 Å². The van der Waals surface area contributed by atoms with E-state index in [4.69, 9.17) is 0 Å². The van der Waals surface area contributed by atoms with Gasteiger partial charge in [-0.05, 0) is 24.3 Å². The summed E-state index contributed by atoms with van der Waals surface area (Å²) < 4.78 is 1.10. The van der Waals surface area contributed by atoms with E-state index < -0.39 is 0 Å². The molecule has 3 heteroatoms. The van der Waals surface area contributed by atoms with Gasteiger partial charge in [0.05, 0.1) is 5.56 Å². The Morgan fingerprint density at radius 2 is 2.45 bits per heavy atom. The average molecular weight is 149 g/mol. The highest BCUT2D eigenvalue weighted by Crippen LogP contribution is 2.13. The van der Waals surface area contributed by atoms with Crippen LogP contribution in [0.4, 0.5) is 5.82 Å². The zero-order chi connectivity index (χ0) is 7.68. The number of nitrogens with one attached hydrogen (secondary N) is 1. The van der Waals surface area contributed by atoms with Crippen molar-refractivity contribution in [1.29, 1.82) is 0 Å². The standard InChI is InChI=1S/C8H8N2O/c11-10-6-2-4-7-3-1-5-9-8(7)10/h1-4,6,11H,5H2/p+1. The summed E-state index contributed by atoms with van der Waals surface area (Å²) in [6.07, 6.45) is 5.60. The molecule has 0 unspecified atom stereocenters. The van der Waals surface area contributed by atoms with Gasteiger partial charge in [0.25, 0.3) is 0 Å². The van der Waals surface area contributed by atoms with Crippen molar-refractivity contribution in [1.82, 2.24) is 0 Å². The van der Waals surface area contributed by atoms with E-state index in [9.17, 15) is 5.21 Å². The minimum absolute atomic E-state index is 0.759. The molecular formula is C8H9N2O+. The summed E-state index contributed by atoms with van der Waals surface area (Å²) >= 11 is 0. The molecule has 1 aromatic rings. The molecule has 0 aliphatic carbocycles. The molecule has 0 amide bonds. The monoisotopic (exact) mass is 149 g/mol. The first kappa shape index (κ1) is 6.22. The average Bonchev–Trinajstić information content (AvgIpc) is 2.06. The van der Waals surface area contributed by atoms with Gasteiger partial charge in [-0.15, -0.1) is 0 Å². The fraction of sp³-hybridized carbons (Fsp3) is 0.125. The number of nitrogens with zero attached hydrogens (tertiary/aromatic N) is 1. The van der Waals surface area contributed by atoms with Gasteiger partial charge >= 0.3 is 5.82 Å². The minimum atomic E-state index is 0.759. The molecular weight excluding hydrogens is 140 g/mol. The molecule has 1 aliphatic rings. The van der Waals surface area contributed by atoms with E-state index in [1.807, 2.05) is 18.2 Å². The predicted molar refractivity (Wildman–Crippen MR) is 41.3 cm³/mol. The Morgan fingerprint density at radius 1 is 1.55 bits per heavy atom. The molecule has 0 fully saturated rings. The zero-order valence-corrected chi connectivity index (χ0v) is 5.99. The summed E-state index contributed by atoms with van der Waals surface area (Å²) in [5.74, 6) is 0.759. The van der Waals surface area contributed by atoms with Crippen molar-refractivity contribution in [3.05, 3.63) is 30.0 Å². The van der Waals surface area contributed by atoms with Crippen LogP contribution in [-0.4, -0.2) is 11.8 Å². The topological polar surface area (TPSA) is 36.1 Å². The molecule has 0 spiro atoms. The maximum absolute atomic E-state index is 9.28. The number of anilines is 1. The van der Waals surface area contributed by atoms with Gasteiger partial charge in [-0.3, -0.25) is 5.32 Å². The molecule has 56 valence electrons. The number of hydrogen-bond donors (Lipinski definition) is 2. The van der Waals surface area contributed by atoms with E-state index in [2.05, 4.69) is 5.32 Å². The number of aromatic nitrogens is 1. The third-order valence-electron chi connectivity index (χ3n) is 1.69. The molecule has 1 aliphatic heterocycles. The van der Waals surface area contributed by atoms with Crippen LogP contribution in [0.15, 0.2) is 24.4 Å². The van der Waals surface area contributed by atoms with Crippen LogP contribution in [0.3, 0.4) is 0 Å². The molecule has 11 heavy (non-hydrogen) atoms. The fourth-order valence-electron chi connectivity index (χ4n) is 1.17. The van der Waals surface area contributed by atoms with Crippen molar-refractivity contribution in [2.24, 2.45) is 0 Å². The summed E-state index contributed by atoms with van der Waals surface area (Å²) in [6, 6.07) is 3.75. The molecule has 3 nitrogen and oxygen atoms in total. The van der Waals surface area contributed by atoms with Gasteiger partial charge in [0.1, 0.15) is 12.7 Å². The smallest absolute Gasteiger partial charge is 0.321 e. The third-order valence-corrected chi connectivity index (χ3v) is 1.69. The van der Waals surface area contributed by atoms with Crippen molar-refractivity contribution >= 4 is 11.9 Å². The zero-order valence-electron chi connectivity index (χ0n) is 5.99. The lowest BCUT2D eigenvalue weighted by Gasteiger charge is -2.05. The van der Waals surface area contributed by atoms with Gasteiger partial charge in [-0.2, -0.15) is 0 Å². The Kier molecular flexibility index (Phi) is 1.28. The lowest BCUT2D eigenvalue weighted by atomic mass is 10.2. The van der Waals surface area contributed by atoms with E-state index in [1.54, 1.807) is 12.3 Å². The SMILES string of the molecule is O[n+]1cccc2c1NCC=C2. The Bertz CT molecular complexity index is 307. The Hall–Kier alpha value is -1.51. The molecule has 0 radical (unpaired) electrons. The van der Waals surface area contributed by atoms with Crippen LogP contribution in [0, 0.1) is 0 Å². The maximum Gasteiger partial charge on any atom is 0.321 e. The molecule has 0 saturated heterocycles. The molecule has 0 aromatic carbocycles. The second-order valence-electron chi connectivity index (χ2n) is 2.44. The van der Waals surface area contributed by atoms with Crippen molar-refractivity contribution in [3.8, 4) is 0 Å². The first-order valence-electron chi connectivity index (χ1n) is 3.52. The predicted octanol–water partition coefficient (Wildman–Crippen LogP) is 0.650. The van der Waals surface area contributed by atoms with Gasteiger partial charge in [0.2, 0.25) is 0 Å². The van der Waals surface area contributed by atoms with E-state index in [0.717, 1.165) is 22.7 Å². The highest BCUT2D eigenvalue weighted by molar-refractivity contribution is 5.63. The quantitative estimate of drug-likeness (QED) is 0.419. The molecule has 1 aromatic heterocycles. The van der Waals surface area contributed by atoms with Gasteiger partial charge in [-0.1, -0.05) is 4.73 Å². The molecule has 0 bridgehead atoms. The van der Waals surface area contributed by atoms with Crippen LogP contribution in [0.25, 0.3) is 6.08 Å². The molecule has 2 rings (SSSR count). The summed E-state index contributed by atoms with van der Waals surface area (Å²) in [5, 5.41) is 12.3. The number of rotatable bonds is 0. The molecule has 0 saturated carbocycles. The van der Waals surface area contributed by atoms with Crippen molar-refractivity contribution in [3.63, 3.8) is 0 Å². The Balaban J connectivity index is 2.60. The van der Waals surface area contributed by atoms with Crippen LogP contribution >= 0.6 is 0 Å². The van der Waals surface area contributed by atoms with E-state index in [1.165, 1.54) is 0 Å². The van der Waals surface area contributed by atoms with Crippen LogP contribution in [-0.2, 0) is 0 Å². The fourth-order valence-corrected chi connectivity index (χ4v) is 1.17. The van der Waals surface area contributed by atoms with E-state index in [-0.39, 0.29) is 0 Å².